The fourth-order valence-corrected chi connectivity index (χ4v) is 2.97. The van der Waals surface area contributed by atoms with E-state index in [9.17, 15) is 4.39 Å². The fraction of sp³-hybridized carbons (Fsp3) is 0.190. The van der Waals surface area contributed by atoms with E-state index in [4.69, 9.17) is 0 Å². The molecule has 0 aliphatic carbocycles. The summed E-state index contributed by atoms with van der Waals surface area (Å²) in [5, 5.41) is 0. The lowest BCUT2D eigenvalue weighted by Gasteiger charge is -2.26. The lowest BCUT2D eigenvalue weighted by Crippen LogP contribution is -2.26. The van der Waals surface area contributed by atoms with Crippen LogP contribution in [0.5, 0.6) is 0 Å². The first kappa shape index (κ1) is 16.2. The maximum Gasteiger partial charge on any atom is 0.126 e. The summed E-state index contributed by atoms with van der Waals surface area (Å²) in [5.74, 6) is -0.119. The Morgan fingerprint density at radius 1 is 0.917 bits per heavy atom. The molecule has 0 saturated carbocycles. The molecule has 1 unspecified atom stereocenters. The normalized spacial score (nSPS) is 11.9. The van der Waals surface area contributed by atoms with Gasteiger partial charge < -0.3 is 4.90 Å². The molecule has 2 nitrogen and oxygen atoms in total. The molecule has 3 heteroatoms. The van der Waals surface area contributed by atoms with Crippen molar-refractivity contribution in [3.05, 3.63) is 96.1 Å². The zero-order chi connectivity index (χ0) is 16.8. The molecular formula is C21H21FN2. The summed E-state index contributed by atoms with van der Waals surface area (Å²) in [6, 6.07) is 23.1. The summed E-state index contributed by atoms with van der Waals surface area (Å²) in [6.07, 6.45) is 2.49. The number of hydrogen-bond donors (Lipinski definition) is 0. The average Bonchev–Trinajstić information content (AvgIpc) is 2.63. The molecule has 3 rings (SSSR count). The SMILES string of the molecule is CN(CC(Cc1ccccn1)c1ccccc1F)c1ccccc1. The summed E-state index contributed by atoms with van der Waals surface area (Å²) in [7, 11) is 2.04. The van der Waals surface area contributed by atoms with Gasteiger partial charge >= 0.3 is 0 Å². The van der Waals surface area contributed by atoms with Gasteiger partial charge in [0.1, 0.15) is 5.82 Å². The smallest absolute Gasteiger partial charge is 0.126 e. The number of likely N-dealkylation sites (N-methyl/N-ethyl adjacent to an activating group) is 1. The van der Waals surface area contributed by atoms with Gasteiger partial charge in [0.2, 0.25) is 0 Å². The van der Waals surface area contributed by atoms with E-state index in [1.807, 2.05) is 55.6 Å². The predicted molar refractivity (Wildman–Crippen MR) is 96.8 cm³/mol. The standard InChI is InChI=1S/C21H21FN2/c1-24(19-10-3-2-4-11-19)16-17(15-18-9-7-8-14-23-18)20-12-5-6-13-21(20)22/h2-14,17H,15-16H2,1H3. The summed E-state index contributed by atoms with van der Waals surface area (Å²) < 4.78 is 14.4. The number of pyridine rings is 1. The molecule has 24 heavy (non-hydrogen) atoms. The first-order valence-corrected chi connectivity index (χ1v) is 8.14. The van der Waals surface area contributed by atoms with Gasteiger partial charge in [-0.2, -0.15) is 0 Å². The monoisotopic (exact) mass is 320 g/mol. The second kappa shape index (κ2) is 7.73. The maximum atomic E-state index is 14.4. The number of benzene rings is 2. The van der Waals surface area contributed by atoms with Crippen LogP contribution < -0.4 is 4.90 Å². The number of para-hydroxylation sites is 1. The topological polar surface area (TPSA) is 16.1 Å². The van der Waals surface area contributed by atoms with Gasteiger partial charge in [0.25, 0.3) is 0 Å². The van der Waals surface area contributed by atoms with E-state index in [2.05, 4.69) is 22.0 Å². The lowest BCUT2D eigenvalue weighted by molar-refractivity contribution is 0.568. The molecule has 1 atom stereocenters. The molecular weight excluding hydrogens is 299 g/mol. The van der Waals surface area contributed by atoms with Crippen molar-refractivity contribution >= 4 is 5.69 Å². The lowest BCUT2D eigenvalue weighted by atomic mass is 9.92. The van der Waals surface area contributed by atoms with Crippen LogP contribution in [0.2, 0.25) is 0 Å². The third-order valence-electron chi connectivity index (χ3n) is 4.22. The minimum atomic E-state index is -0.153. The molecule has 0 spiro atoms. The summed E-state index contributed by atoms with van der Waals surface area (Å²) in [6.45, 7) is 0.724. The predicted octanol–water partition coefficient (Wildman–Crippen LogP) is 4.68. The first-order chi connectivity index (χ1) is 11.7. The van der Waals surface area contributed by atoms with Crippen molar-refractivity contribution in [1.82, 2.24) is 4.98 Å². The Morgan fingerprint density at radius 3 is 2.33 bits per heavy atom. The summed E-state index contributed by atoms with van der Waals surface area (Å²) in [4.78, 5) is 6.58. The van der Waals surface area contributed by atoms with Crippen LogP contribution in [0.3, 0.4) is 0 Å². The van der Waals surface area contributed by atoms with Crippen LogP contribution in [0, 0.1) is 5.82 Å². The molecule has 0 bridgehead atoms. The largest absolute Gasteiger partial charge is 0.374 e. The zero-order valence-electron chi connectivity index (χ0n) is 13.8. The minimum Gasteiger partial charge on any atom is -0.374 e. The Balaban J connectivity index is 1.86. The van der Waals surface area contributed by atoms with Crippen molar-refractivity contribution in [3.8, 4) is 0 Å². The van der Waals surface area contributed by atoms with Crippen molar-refractivity contribution < 1.29 is 4.39 Å². The van der Waals surface area contributed by atoms with E-state index in [0.29, 0.717) is 6.42 Å². The first-order valence-electron chi connectivity index (χ1n) is 8.14. The number of halogens is 1. The zero-order valence-corrected chi connectivity index (χ0v) is 13.8. The Bertz CT molecular complexity index is 759. The second-order valence-electron chi connectivity index (χ2n) is 5.96. The van der Waals surface area contributed by atoms with Gasteiger partial charge in [0, 0.05) is 37.1 Å². The highest BCUT2D eigenvalue weighted by molar-refractivity contribution is 5.45. The Morgan fingerprint density at radius 2 is 1.62 bits per heavy atom. The second-order valence-corrected chi connectivity index (χ2v) is 5.96. The Kier molecular flexibility index (Phi) is 5.22. The molecule has 3 aromatic rings. The number of anilines is 1. The van der Waals surface area contributed by atoms with Crippen molar-refractivity contribution in [2.45, 2.75) is 12.3 Å². The van der Waals surface area contributed by atoms with E-state index < -0.39 is 0 Å². The number of nitrogens with zero attached hydrogens (tertiary/aromatic N) is 2. The number of hydrogen-bond acceptors (Lipinski definition) is 2. The van der Waals surface area contributed by atoms with Gasteiger partial charge in [-0.25, -0.2) is 4.39 Å². The highest BCUT2D eigenvalue weighted by Crippen LogP contribution is 2.25. The maximum absolute atomic E-state index is 14.4. The number of aromatic nitrogens is 1. The Hall–Kier alpha value is -2.68. The summed E-state index contributed by atoms with van der Waals surface area (Å²) >= 11 is 0. The third kappa shape index (κ3) is 3.99. The van der Waals surface area contributed by atoms with Gasteiger partial charge in [-0.15, -0.1) is 0 Å². The molecule has 2 aromatic carbocycles. The van der Waals surface area contributed by atoms with E-state index in [-0.39, 0.29) is 11.7 Å². The molecule has 0 aliphatic heterocycles. The van der Waals surface area contributed by atoms with Crippen molar-refractivity contribution in [1.29, 1.82) is 0 Å². The van der Waals surface area contributed by atoms with Crippen molar-refractivity contribution in [2.75, 3.05) is 18.5 Å². The van der Waals surface area contributed by atoms with Crippen molar-refractivity contribution in [2.24, 2.45) is 0 Å². The number of rotatable bonds is 6. The van der Waals surface area contributed by atoms with E-state index in [1.54, 1.807) is 12.3 Å². The van der Waals surface area contributed by atoms with Gasteiger partial charge in [0.15, 0.2) is 0 Å². The highest BCUT2D eigenvalue weighted by atomic mass is 19.1. The van der Waals surface area contributed by atoms with Crippen LogP contribution in [-0.4, -0.2) is 18.6 Å². The molecule has 0 N–H and O–H groups in total. The molecule has 122 valence electrons. The molecule has 0 amide bonds. The molecule has 0 fully saturated rings. The van der Waals surface area contributed by atoms with Crippen LogP contribution in [0.25, 0.3) is 0 Å². The average molecular weight is 320 g/mol. The van der Waals surface area contributed by atoms with E-state index in [0.717, 1.165) is 23.5 Å². The molecule has 0 radical (unpaired) electrons. The van der Waals surface area contributed by atoms with Crippen LogP contribution >= 0.6 is 0 Å². The van der Waals surface area contributed by atoms with Crippen LogP contribution in [-0.2, 0) is 6.42 Å². The van der Waals surface area contributed by atoms with Crippen molar-refractivity contribution in [3.63, 3.8) is 0 Å². The van der Waals surface area contributed by atoms with Gasteiger partial charge in [-0.1, -0.05) is 42.5 Å². The Labute approximate surface area is 142 Å². The van der Waals surface area contributed by atoms with E-state index >= 15 is 0 Å². The van der Waals surface area contributed by atoms with Crippen LogP contribution in [0.15, 0.2) is 79.0 Å². The third-order valence-corrected chi connectivity index (χ3v) is 4.22. The molecule has 0 saturated heterocycles. The van der Waals surface area contributed by atoms with Crippen LogP contribution in [0.1, 0.15) is 17.2 Å². The quantitative estimate of drug-likeness (QED) is 0.655. The van der Waals surface area contributed by atoms with E-state index in [1.165, 1.54) is 6.07 Å². The van der Waals surface area contributed by atoms with Gasteiger partial charge in [0.05, 0.1) is 0 Å². The summed E-state index contributed by atoms with van der Waals surface area (Å²) in [5.41, 5.74) is 2.85. The van der Waals surface area contributed by atoms with Gasteiger partial charge in [-0.05, 0) is 42.3 Å². The molecule has 1 heterocycles. The molecule has 1 aromatic heterocycles. The molecule has 0 aliphatic rings. The fourth-order valence-electron chi connectivity index (χ4n) is 2.97. The van der Waals surface area contributed by atoms with Gasteiger partial charge in [-0.3, -0.25) is 4.98 Å². The minimum absolute atomic E-state index is 0.0336. The highest BCUT2D eigenvalue weighted by Gasteiger charge is 2.19. The van der Waals surface area contributed by atoms with Crippen LogP contribution in [0.4, 0.5) is 10.1 Å².